The quantitative estimate of drug-likeness (QED) is 0.416. The van der Waals surface area contributed by atoms with Crippen LogP contribution in [0.4, 0.5) is 0 Å². The van der Waals surface area contributed by atoms with Gasteiger partial charge in [0.15, 0.2) is 6.61 Å². The number of hydrogen-bond acceptors (Lipinski definition) is 3. The molecule has 2 aromatic rings. The molecule has 0 spiro atoms. The molecule has 0 bridgehead atoms. The number of rotatable bonds is 9. The Morgan fingerprint density at radius 3 is 2.60 bits per heavy atom. The van der Waals surface area contributed by atoms with Crippen LogP contribution in [-0.2, 0) is 4.79 Å². The average molecular weight is 338 g/mol. The highest BCUT2D eigenvalue weighted by Crippen LogP contribution is 2.12. The van der Waals surface area contributed by atoms with E-state index in [0.717, 1.165) is 42.5 Å². The maximum atomic E-state index is 12.0. The van der Waals surface area contributed by atoms with Crippen LogP contribution in [0, 0.1) is 6.92 Å². The zero-order chi connectivity index (χ0) is 17.9. The van der Waals surface area contributed by atoms with Gasteiger partial charge in [0.05, 0.1) is 5.71 Å². The fourth-order valence-corrected chi connectivity index (χ4v) is 2.45. The summed E-state index contributed by atoms with van der Waals surface area (Å²) in [5.74, 6) is 0.427. The Kier molecular flexibility index (Phi) is 7.70. The van der Waals surface area contributed by atoms with Gasteiger partial charge in [-0.3, -0.25) is 4.79 Å². The van der Waals surface area contributed by atoms with Crippen LogP contribution in [0.15, 0.2) is 59.7 Å². The van der Waals surface area contributed by atoms with E-state index in [4.69, 9.17) is 4.74 Å². The first-order valence-electron chi connectivity index (χ1n) is 8.79. The molecule has 0 fully saturated rings. The first-order chi connectivity index (χ1) is 12.2. The molecule has 0 radical (unpaired) electrons. The molecule has 1 N–H and O–H groups in total. The number of amides is 1. The van der Waals surface area contributed by atoms with Gasteiger partial charge in [-0.05, 0) is 43.0 Å². The third kappa shape index (κ3) is 6.79. The van der Waals surface area contributed by atoms with E-state index in [1.807, 2.05) is 61.5 Å². The van der Waals surface area contributed by atoms with Gasteiger partial charge in [-0.25, -0.2) is 5.43 Å². The summed E-state index contributed by atoms with van der Waals surface area (Å²) in [7, 11) is 0. The number of nitrogens with one attached hydrogen (secondary N) is 1. The summed E-state index contributed by atoms with van der Waals surface area (Å²) in [6.45, 7) is 4.10. The van der Waals surface area contributed by atoms with Gasteiger partial charge < -0.3 is 4.74 Å². The monoisotopic (exact) mass is 338 g/mol. The van der Waals surface area contributed by atoms with Crippen LogP contribution in [-0.4, -0.2) is 18.2 Å². The molecule has 0 saturated heterocycles. The molecule has 132 valence electrons. The number of ether oxygens (including phenoxy) is 1. The summed E-state index contributed by atoms with van der Waals surface area (Å²) in [6.07, 6.45) is 4.20. The van der Waals surface area contributed by atoms with Gasteiger partial charge in [0.1, 0.15) is 5.75 Å². The van der Waals surface area contributed by atoms with Crippen molar-refractivity contribution in [2.24, 2.45) is 5.10 Å². The Balaban J connectivity index is 1.93. The van der Waals surface area contributed by atoms with Crippen molar-refractivity contribution < 1.29 is 9.53 Å². The summed E-state index contributed by atoms with van der Waals surface area (Å²) in [4.78, 5) is 12.0. The minimum atomic E-state index is -0.259. The van der Waals surface area contributed by atoms with E-state index in [-0.39, 0.29) is 12.5 Å². The average Bonchev–Trinajstić information content (AvgIpc) is 2.63. The minimum absolute atomic E-state index is 0.0516. The van der Waals surface area contributed by atoms with Crippen molar-refractivity contribution >= 4 is 11.6 Å². The van der Waals surface area contributed by atoms with Crippen LogP contribution in [0.5, 0.6) is 5.75 Å². The molecular weight excluding hydrogens is 312 g/mol. The second-order valence-electron chi connectivity index (χ2n) is 6.02. The van der Waals surface area contributed by atoms with Crippen molar-refractivity contribution in [3.63, 3.8) is 0 Å². The molecule has 2 aromatic carbocycles. The molecule has 0 aliphatic heterocycles. The number of hydrogen-bond donors (Lipinski definition) is 1. The zero-order valence-electron chi connectivity index (χ0n) is 15.0. The standard InChI is InChI=1S/C21H26N2O2/c1-3-4-6-14-20(18-11-7-5-8-12-18)22-23-21(24)16-25-19-13-9-10-17(2)15-19/h5,7-13,15H,3-4,6,14,16H2,1-2H3,(H,23,24)/b22-20+. The van der Waals surface area contributed by atoms with Crippen LogP contribution in [0.2, 0.25) is 0 Å². The molecule has 1 amide bonds. The molecule has 0 unspecified atom stereocenters. The number of unbranched alkanes of at least 4 members (excludes halogenated alkanes) is 2. The largest absolute Gasteiger partial charge is 0.484 e. The number of nitrogens with zero attached hydrogens (tertiary/aromatic N) is 1. The lowest BCUT2D eigenvalue weighted by Gasteiger charge is -2.09. The molecule has 4 heteroatoms. The fourth-order valence-electron chi connectivity index (χ4n) is 2.45. The molecule has 0 saturated carbocycles. The van der Waals surface area contributed by atoms with E-state index < -0.39 is 0 Å². The number of aryl methyl sites for hydroxylation is 1. The van der Waals surface area contributed by atoms with Gasteiger partial charge in [-0.15, -0.1) is 0 Å². The second-order valence-corrected chi connectivity index (χ2v) is 6.02. The lowest BCUT2D eigenvalue weighted by Crippen LogP contribution is -2.26. The van der Waals surface area contributed by atoms with E-state index in [2.05, 4.69) is 17.5 Å². The van der Waals surface area contributed by atoms with Gasteiger partial charge in [0.2, 0.25) is 0 Å². The molecule has 0 heterocycles. The van der Waals surface area contributed by atoms with E-state index in [9.17, 15) is 4.79 Å². The molecule has 4 nitrogen and oxygen atoms in total. The van der Waals surface area contributed by atoms with E-state index in [0.29, 0.717) is 5.75 Å². The number of carbonyl (C=O) groups excluding carboxylic acids is 1. The smallest absolute Gasteiger partial charge is 0.277 e. The van der Waals surface area contributed by atoms with Crippen LogP contribution in [0.3, 0.4) is 0 Å². The molecule has 0 aliphatic rings. The van der Waals surface area contributed by atoms with Gasteiger partial charge in [-0.2, -0.15) is 5.10 Å². The molecule has 0 aromatic heterocycles. The zero-order valence-corrected chi connectivity index (χ0v) is 15.0. The maximum absolute atomic E-state index is 12.0. The normalized spacial score (nSPS) is 11.2. The number of hydrazone groups is 1. The predicted octanol–water partition coefficient (Wildman–Crippen LogP) is 4.47. The Morgan fingerprint density at radius 1 is 1.08 bits per heavy atom. The molecule has 0 aliphatic carbocycles. The molecule has 0 atom stereocenters. The molecule has 25 heavy (non-hydrogen) atoms. The summed E-state index contributed by atoms with van der Waals surface area (Å²) >= 11 is 0. The molecular formula is C21H26N2O2. The fraction of sp³-hybridized carbons (Fsp3) is 0.333. The third-order valence-electron chi connectivity index (χ3n) is 3.80. The van der Waals surface area contributed by atoms with E-state index >= 15 is 0 Å². The van der Waals surface area contributed by atoms with Crippen molar-refractivity contribution in [1.29, 1.82) is 0 Å². The van der Waals surface area contributed by atoms with Crippen LogP contribution < -0.4 is 10.2 Å². The van der Waals surface area contributed by atoms with Crippen molar-refractivity contribution in [1.82, 2.24) is 5.43 Å². The summed E-state index contributed by atoms with van der Waals surface area (Å²) in [5, 5.41) is 4.33. The highest BCUT2D eigenvalue weighted by Gasteiger charge is 2.06. The number of carbonyl (C=O) groups is 1. The van der Waals surface area contributed by atoms with E-state index in [1.54, 1.807) is 0 Å². The van der Waals surface area contributed by atoms with Crippen molar-refractivity contribution in [3.8, 4) is 5.75 Å². The van der Waals surface area contributed by atoms with Crippen LogP contribution in [0.25, 0.3) is 0 Å². The first-order valence-corrected chi connectivity index (χ1v) is 8.79. The van der Waals surface area contributed by atoms with Crippen molar-refractivity contribution in [2.75, 3.05) is 6.61 Å². The minimum Gasteiger partial charge on any atom is -0.484 e. The third-order valence-corrected chi connectivity index (χ3v) is 3.80. The summed E-state index contributed by atoms with van der Waals surface area (Å²) in [6, 6.07) is 17.6. The van der Waals surface area contributed by atoms with Crippen LogP contribution >= 0.6 is 0 Å². The van der Waals surface area contributed by atoms with Gasteiger partial charge in [0, 0.05) is 0 Å². The highest BCUT2D eigenvalue weighted by molar-refractivity contribution is 6.01. The highest BCUT2D eigenvalue weighted by atomic mass is 16.5. The van der Waals surface area contributed by atoms with Crippen LogP contribution in [0.1, 0.15) is 43.7 Å². The lowest BCUT2D eigenvalue weighted by molar-refractivity contribution is -0.123. The topological polar surface area (TPSA) is 50.7 Å². The Labute approximate surface area is 149 Å². The lowest BCUT2D eigenvalue weighted by atomic mass is 10.0. The summed E-state index contributed by atoms with van der Waals surface area (Å²) < 4.78 is 5.50. The summed E-state index contributed by atoms with van der Waals surface area (Å²) in [5.41, 5.74) is 5.65. The predicted molar refractivity (Wildman–Crippen MR) is 102 cm³/mol. The van der Waals surface area contributed by atoms with E-state index in [1.165, 1.54) is 0 Å². The number of benzene rings is 2. The Bertz CT molecular complexity index is 696. The van der Waals surface area contributed by atoms with Gasteiger partial charge in [0.25, 0.3) is 5.91 Å². The van der Waals surface area contributed by atoms with Gasteiger partial charge >= 0.3 is 0 Å². The van der Waals surface area contributed by atoms with Gasteiger partial charge in [-0.1, -0.05) is 62.2 Å². The van der Waals surface area contributed by atoms with Crippen molar-refractivity contribution in [2.45, 2.75) is 39.5 Å². The SMILES string of the molecule is CCCCC/C(=N\NC(=O)COc1cccc(C)c1)c1ccccc1. The first kappa shape index (κ1) is 18.7. The maximum Gasteiger partial charge on any atom is 0.277 e. The second kappa shape index (κ2) is 10.3. The van der Waals surface area contributed by atoms with Crippen molar-refractivity contribution in [3.05, 3.63) is 65.7 Å². The molecule has 2 rings (SSSR count). The Morgan fingerprint density at radius 2 is 1.88 bits per heavy atom. The Hall–Kier alpha value is -2.62.